The molecule has 2 aliphatic carbocycles. The maximum absolute atomic E-state index is 13.8. The van der Waals surface area contributed by atoms with Crippen LogP contribution in [0.3, 0.4) is 0 Å². The van der Waals surface area contributed by atoms with E-state index in [1.165, 1.54) is 23.2 Å². The molecule has 5 rings (SSSR count). The molecule has 2 fully saturated rings. The lowest BCUT2D eigenvalue weighted by molar-refractivity contribution is -0.139. The number of aromatic amines is 1. The number of fused-ring (bicyclic) bond motifs is 3. The lowest BCUT2D eigenvalue weighted by Gasteiger charge is -2.34. The normalized spacial score (nSPS) is 21.7. The first-order valence-corrected chi connectivity index (χ1v) is 12.4. The van der Waals surface area contributed by atoms with Crippen LogP contribution < -0.4 is 5.32 Å². The van der Waals surface area contributed by atoms with E-state index in [4.69, 9.17) is 4.98 Å². The number of aromatic nitrogens is 2. The number of H-pyrrole nitrogens is 1. The van der Waals surface area contributed by atoms with Crippen molar-refractivity contribution < 1.29 is 9.59 Å². The Morgan fingerprint density at radius 2 is 1.94 bits per heavy atom. The zero-order chi connectivity index (χ0) is 22.1. The van der Waals surface area contributed by atoms with Crippen LogP contribution in [-0.2, 0) is 22.4 Å². The lowest BCUT2D eigenvalue weighted by Crippen LogP contribution is -2.52. The summed E-state index contributed by atoms with van der Waals surface area (Å²) in [5, 5.41) is 3.09. The summed E-state index contributed by atoms with van der Waals surface area (Å²) in [6.45, 7) is 2.58. The van der Waals surface area contributed by atoms with Gasteiger partial charge in [0.05, 0.1) is 11.7 Å². The van der Waals surface area contributed by atoms with Crippen molar-refractivity contribution in [3.8, 4) is 11.3 Å². The first-order chi connectivity index (χ1) is 15.7. The van der Waals surface area contributed by atoms with Crippen molar-refractivity contribution >= 4 is 11.8 Å². The van der Waals surface area contributed by atoms with Gasteiger partial charge in [-0.05, 0) is 50.0 Å². The summed E-state index contributed by atoms with van der Waals surface area (Å²) in [5.41, 5.74) is 4.78. The molecular formula is C26H34N4O2. The van der Waals surface area contributed by atoms with E-state index in [2.05, 4.69) is 34.6 Å². The molecule has 1 aromatic heterocycles. The highest BCUT2D eigenvalue weighted by Gasteiger charge is 2.40. The van der Waals surface area contributed by atoms with Crippen molar-refractivity contribution in [1.82, 2.24) is 20.2 Å². The van der Waals surface area contributed by atoms with Gasteiger partial charge in [0.1, 0.15) is 11.9 Å². The standard InChI is InChI=1S/C26H34N4O2/c1-2-22(31)28-23(18-10-4-3-5-11-18)26(32)30-16-8-13-21(30)25-27-20-15-14-17-9-6-7-12-19(17)24(20)29-25/h6-7,9,12,18,21,23H,2-5,8,10-11,13-16H2,1H3,(H,27,29)(H,28,31)/t21?,23-/m0/s1. The number of nitrogens with one attached hydrogen (secondary N) is 2. The molecule has 6 nitrogen and oxygen atoms in total. The molecule has 2 N–H and O–H groups in total. The Morgan fingerprint density at radius 1 is 1.12 bits per heavy atom. The average molecular weight is 435 g/mol. The second-order valence-electron chi connectivity index (χ2n) is 9.59. The summed E-state index contributed by atoms with van der Waals surface area (Å²) in [6, 6.07) is 8.04. The van der Waals surface area contributed by atoms with Gasteiger partial charge in [-0.25, -0.2) is 4.98 Å². The second kappa shape index (κ2) is 9.08. The largest absolute Gasteiger partial charge is 0.344 e. The van der Waals surface area contributed by atoms with Crippen LogP contribution in [0.2, 0.25) is 0 Å². The van der Waals surface area contributed by atoms with Gasteiger partial charge in [-0.1, -0.05) is 50.5 Å². The van der Waals surface area contributed by atoms with Crippen LogP contribution in [0.4, 0.5) is 0 Å². The number of nitrogens with zero attached hydrogens (tertiary/aromatic N) is 2. The Labute approximate surface area is 190 Å². The molecule has 0 bridgehead atoms. The third-order valence-electron chi connectivity index (χ3n) is 7.59. The summed E-state index contributed by atoms with van der Waals surface area (Å²) < 4.78 is 0. The van der Waals surface area contributed by atoms with Crippen molar-refractivity contribution in [2.45, 2.75) is 83.2 Å². The van der Waals surface area contributed by atoms with Gasteiger partial charge < -0.3 is 15.2 Å². The van der Waals surface area contributed by atoms with Crippen LogP contribution in [0.1, 0.15) is 81.4 Å². The molecule has 2 heterocycles. The van der Waals surface area contributed by atoms with Crippen molar-refractivity contribution in [2.75, 3.05) is 6.54 Å². The van der Waals surface area contributed by atoms with E-state index < -0.39 is 6.04 Å². The molecule has 32 heavy (non-hydrogen) atoms. The smallest absolute Gasteiger partial charge is 0.246 e. The van der Waals surface area contributed by atoms with E-state index in [0.29, 0.717) is 6.42 Å². The van der Waals surface area contributed by atoms with Crippen LogP contribution in [0.15, 0.2) is 24.3 Å². The third-order valence-corrected chi connectivity index (χ3v) is 7.59. The number of carbonyl (C=O) groups is 2. The fourth-order valence-corrected chi connectivity index (χ4v) is 5.84. The molecular weight excluding hydrogens is 400 g/mol. The molecule has 3 aliphatic rings. The van der Waals surface area contributed by atoms with Crippen molar-refractivity contribution in [1.29, 1.82) is 0 Å². The summed E-state index contributed by atoms with van der Waals surface area (Å²) >= 11 is 0. The zero-order valence-electron chi connectivity index (χ0n) is 19.0. The Balaban J connectivity index is 1.41. The number of hydrogen-bond acceptors (Lipinski definition) is 3. The average Bonchev–Trinajstić information content (AvgIpc) is 3.49. The Kier molecular flexibility index (Phi) is 6.03. The van der Waals surface area contributed by atoms with Crippen LogP contribution >= 0.6 is 0 Å². The fraction of sp³-hybridized carbons (Fsp3) is 0.577. The quantitative estimate of drug-likeness (QED) is 0.736. The number of likely N-dealkylation sites (tertiary alicyclic amines) is 1. The predicted octanol–water partition coefficient (Wildman–Crippen LogP) is 4.31. The first kappa shape index (κ1) is 21.2. The monoisotopic (exact) mass is 434 g/mol. The van der Waals surface area contributed by atoms with Gasteiger partial charge >= 0.3 is 0 Å². The van der Waals surface area contributed by atoms with Gasteiger partial charge in [0.2, 0.25) is 11.8 Å². The second-order valence-corrected chi connectivity index (χ2v) is 9.59. The number of aryl methyl sites for hydroxylation is 2. The first-order valence-electron chi connectivity index (χ1n) is 12.4. The van der Waals surface area contributed by atoms with E-state index in [9.17, 15) is 9.59 Å². The van der Waals surface area contributed by atoms with E-state index in [-0.39, 0.29) is 23.8 Å². The zero-order valence-corrected chi connectivity index (χ0v) is 19.0. The summed E-state index contributed by atoms with van der Waals surface area (Å²) in [7, 11) is 0. The molecule has 1 saturated carbocycles. The molecule has 1 saturated heterocycles. The molecule has 1 unspecified atom stereocenters. The minimum atomic E-state index is -0.409. The Hall–Kier alpha value is -2.63. The van der Waals surface area contributed by atoms with Crippen molar-refractivity contribution in [3.63, 3.8) is 0 Å². The van der Waals surface area contributed by atoms with Crippen LogP contribution in [0.25, 0.3) is 11.3 Å². The van der Waals surface area contributed by atoms with Gasteiger partial charge in [0.15, 0.2) is 0 Å². The van der Waals surface area contributed by atoms with E-state index >= 15 is 0 Å². The Bertz CT molecular complexity index is 991. The Morgan fingerprint density at radius 3 is 2.75 bits per heavy atom. The molecule has 1 aromatic carbocycles. The number of amides is 2. The summed E-state index contributed by atoms with van der Waals surface area (Å²) in [6.07, 6.45) is 9.82. The fourth-order valence-electron chi connectivity index (χ4n) is 5.84. The molecule has 0 spiro atoms. The van der Waals surface area contributed by atoms with Gasteiger partial charge in [-0.2, -0.15) is 0 Å². The predicted molar refractivity (Wildman–Crippen MR) is 124 cm³/mol. The van der Waals surface area contributed by atoms with Crippen LogP contribution in [0, 0.1) is 5.92 Å². The van der Waals surface area contributed by atoms with Crippen LogP contribution in [0.5, 0.6) is 0 Å². The van der Waals surface area contributed by atoms with Gasteiger partial charge in [-0.15, -0.1) is 0 Å². The molecule has 6 heteroatoms. The maximum Gasteiger partial charge on any atom is 0.246 e. The molecule has 2 atom stereocenters. The van der Waals surface area contributed by atoms with Crippen molar-refractivity contribution in [2.24, 2.45) is 5.92 Å². The minimum Gasteiger partial charge on any atom is -0.344 e. The van der Waals surface area contributed by atoms with Crippen LogP contribution in [-0.4, -0.2) is 39.3 Å². The van der Waals surface area contributed by atoms with E-state index in [0.717, 1.165) is 69.4 Å². The minimum absolute atomic E-state index is 0.0326. The number of benzene rings is 1. The highest BCUT2D eigenvalue weighted by Crippen LogP contribution is 2.38. The lowest BCUT2D eigenvalue weighted by atomic mass is 9.83. The summed E-state index contributed by atoms with van der Waals surface area (Å²) in [4.78, 5) is 36.7. The van der Waals surface area contributed by atoms with Gasteiger partial charge in [0, 0.05) is 24.2 Å². The number of carbonyl (C=O) groups excluding carboxylic acids is 2. The molecule has 1 aliphatic heterocycles. The molecule has 170 valence electrons. The topological polar surface area (TPSA) is 78.1 Å². The molecule has 2 amide bonds. The number of hydrogen-bond donors (Lipinski definition) is 2. The van der Waals surface area contributed by atoms with E-state index in [1.54, 1.807) is 0 Å². The third kappa shape index (κ3) is 3.96. The number of imidazole rings is 1. The molecule has 0 radical (unpaired) electrons. The maximum atomic E-state index is 13.8. The van der Waals surface area contributed by atoms with Gasteiger partial charge in [0.25, 0.3) is 0 Å². The summed E-state index contributed by atoms with van der Waals surface area (Å²) in [5.74, 6) is 1.19. The SMILES string of the molecule is CCC(=O)N[C@H](C(=O)N1CCCC1c1nc2c([nH]1)CCc1ccccc1-2)C1CCCCC1. The number of rotatable bonds is 5. The van der Waals surface area contributed by atoms with Crippen molar-refractivity contribution in [3.05, 3.63) is 41.3 Å². The van der Waals surface area contributed by atoms with E-state index in [1.807, 2.05) is 11.8 Å². The molecule has 2 aromatic rings. The highest BCUT2D eigenvalue weighted by molar-refractivity contribution is 5.88. The van der Waals surface area contributed by atoms with Gasteiger partial charge in [-0.3, -0.25) is 9.59 Å². The highest BCUT2D eigenvalue weighted by atomic mass is 16.2.